The van der Waals surface area contributed by atoms with Crippen LogP contribution in [-0.2, 0) is 14.4 Å². The van der Waals surface area contributed by atoms with Crippen LogP contribution in [-0.4, -0.2) is 89.0 Å². The van der Waals surface area contributed by atoms with Crippen molar-refractivity contribution in [3.63, 3.8) is 0 Å². The number of aliphatic hydroxyl groups excluding tert-OH is 1. The Morgan fingerprint density at radius 2 is 2.00 bits per heavy atom. The second-order valence-corrected chi connectivity index (χ2v) is 11.9. The van der Waals surface area contributed by atoms with Gasteiger partial charge in [0.1, 0.15) is 11.4 Å². The van der Waals surface area contributed by atoms with Gasteiger partial charge in [-0.3, -0.25) is 14.5 Å². The number of quaternary nitrogens is 1. The van der Waals surface area contributed by atoms with Crippen molar-refractivity contribution in [3.8, 4) is 0 Å². The van der Waals surface area contributed by atoms with Gasteiger partial charge in [-0.1, -0.05) is 36.4 Å². The Morgan fingerprint density at radius 3 is 2.73 bits per heavy atom. The van der Waals surface area contributed by atoms with Gasteiger partial charge in [-0.2, -0.15) is 0 Å². The van der Waals surface area contributed by atoms with Gasteiger partial charge < -0.3 is 24.8 Å². The average molecular weight is 542 g/mol. The first-order chi connectivity index (χ1) is 17.7. The third-order valence-corrected chi connectivity index (χ3v) is 8.73. The first-order valence-electron chi connectivity index (χ1n) is 12.1. The fraction of sp³-hybridized carbons (Fsp3) is 0.370. The number of amides is 2. The van der Waals surface area contributed by atoms with Crippen LogP contribution in [0.5, 0.6) is 0 Å². The molecule has 0 aliphatic carbocycles. The topological polar surface area (TPSA) is 110 Å². The number of nitrogens with zero attached hydrogens (tertiary/aromatic N) is 2. The minimum absolute atomic E-state index is 0.123. The molecule has 0 saturated carbocycles. The van der Waals surface area contributed by atoms with Crippen molar-refractivity contribution >= 4 is 52.1 Å². The van der Waals surface area contributed by atoms with Gasteiger partial charge in [-0.05, 0) is 34.6 Å². The molecule has 196 valence electrons. The molecule has 2 atom stereocenters. The maximum Gasteiger partial charge on any atom is 0.253 e. The largest absolute Gasteiger partial charge is 0.543 e. The predicted molar refractivity (Wildman–Crippen MR) is 144 cm³/mol. The first kappa shape index (κ1) is 27.3. The highest BCUT2D eigenvalue weighted by molar-refractivity contribution is 8.00. The van der Waals surface area contributed by atoms with Gasteiger partial charge in [-0.15, -0.1) is 23.5 Å². The highest BCUT2D eigenvalue weighted by Crippen LogP contribution is 2.40. The number of thioether (sulfide) groups is 2. The number of hydrogen-bond acceptors (Lipinski definition) is 7. The van der Waals surface area contributed by atoms with E-state index in [1.54, 1.807) is 6.08 Å². The second kappa shape index (κ2) is 11.7. The first-order valence-corrected chi connectivity index (χ1v) is 14.1. The molecule has 2 aromatic rings. The van der Waals surface area contributed by atoms with Crippen LogP contribution < -0.4 is 10.4 Å². The molecule has 0 bridgehead atoms. The number of aliphatic carboxylic acids is 1. The summed E-state index contributed by atoms with van der Waals surface area (Å²) >= 11 is 2.82. The number of fused-ring (bicyclic) bond motifs is 2. The molecule has 2 N–H and O–H groups in total. The number of β-lactam (4-membered cyclic amide) rings is 1. The van der Waals surface area contributed by atoms with Crippen LogP contribution in [0.15, 0.2) is 70.8 Å². The number of hydrogen-bond donors (Lipinski definition) is 2. The summed E-state index contributed by atoms with van der Waals surface area (Å²) in [5.41, 5.74) is 0.398. The molecule has 1 fully saturated rings. The number of carbonyl (C=O) groups is 3. The third-order valence-electron chi connectivity index (χ3n) is 6.44. The van der Waals surface area contributed by atoms with Crippen molar-refractivity contribution < 1.29 is 29.1 Å². The highest BCUT2D eigenvalue weighted by atomic mass is 32.2. The van der Waals surface area contributed by atoms with Gasteiger partial charge in [0.15, 0.2) is 0 Å². The molecule has 2 aliphatic rings. The molecule has 2 heterocycles. The monoisotopic (exact) mass is 541 g/mol. The summed E-state index contributed by atoms with van der Waals surface area (Å²) < 4.78 is 0.648. The Bertz CT molecular complexity index is 1260. The number of likely N-dealkylation sites (N-methyl/N-ethyl adjacent to an activating group) is 1. The Kier molecular flexibility index (Phi) is 8.63. The van der Waals surface area contributed by atoms with Gasteiger partial charge >= 0.3 is 0 Å². The minimum Gasteiger partial charge on any atom is -0.543 e. The SMILES string of the molecule is C[N+](C)(CC=CC1=C(C(=O)[O-])N2C(=O)[C@@H](NC(=O)CSc3ccc4ccccc4c3)[C@H]2SC1)CCCO. The summed E-state index contributed by atoms with van der Waals surface area (Å²) in [6.07, 6.45) is 4.32. The number of allylic oxidation sites excluding steroid dienone is 1. The van der Waals surface area contributed by atoms with E-state index in [1.165, 1.54) is 28.4 Å². The van der Waals surface area contributed by atoms with Crippen LogP contribution in [0.1, 0.15) is 6.42 Å². The van der Waals surface area contributed by atoms with Gasteiger partial charge in [-0.25, -0.2) is 0 Å². The minimum atomic E-state index is -1.40. The van der Waals surface area contributed by atoms with Crippen molar-refractivity contribution in [2.45, 2.75) is 22.7 Å². The van der Waals surface area contributed by atoms with Crippen LogP contribution in [0.2, 0.25) is 0 Å². The molecule has 8 nitrogen and oxygen atoms in total. The molecule has 2 amide bonds. The van der Waals surface area contributed by atoms with Gasteiger partial charge in [0.2, 0.25) is 5.91 Å². The molecular formula is C27H31N3O5S2. The van der Waals surface area contributed by atoms with Crippen molar-refractivity contribution in [3.05, 3.63) is 65.9 Å². The summed E-state index contributed by atoms with van der Waals surface area (Å²) in [6.45, 7) is 1.56. The van der Waals surface area contributed by atoms with Gasteiger partial charge in [0, 0.05) is 23.7 Å². The van der Waals surface area contributed by atoms with Crippen LogP contribution in [0.3, 0.4) is 0 Å². The normalized spacial score (nSPS) is 19.8. The zero-order valence-electron chi connectivity index (χ0n) is 20.9. The molecule has 0 radical (unpaired) electrons. The number of aliphatic hydroxyl groups is 1. The summed E-state index contributed by atoms with van der Waals surface area (Å²) in [4.78, 5) is 39.6. The lowest BCUT2D eigenvalue weighted by Gasteiger charge is -2.50. The molecule has 0 unspecified atom stereocenters. The van der Waals surface area contributed by atoms with Crippen LogP contribution in [0.25, 0.3) is 10.8 Å². The van der Waals surface area contributed by atoms with E-state index in [2.05, 4.69) is 5.32 Å². The van der Waals surface area contributed by atoms with E-state index in [-0.39, 0.29) is 24.0 Å². The van der Waals surface area contributed by atoms with Gasteiger partial charge in [0.05, 0.1) is 44.6 Å². The van der Waals surface area contributed by atoms with E-state index in [0.717, 1.165) is 22.2 Å². The zero-order chi connectivity index (χ0) is 26.6. The van der Waals surface area contributed by atoms with Crippen molar-refractivity contribution in [2.24, 2.45) is 0 Å². The van der Waals surface area contributed by atoms with Crippen molar-refractivity contribution in [1.82, 2.24) is 10.2 Å². The molecule has 0 aromatic heterocycles. The average Bonchev–Trinajstić information content (AvgIpc) is 2.88. The quantitative estimate of drug-likeness (QED) is 0.251. The fourth-order valence-electron chi connectivity index (χ4n) is 4.45. The number of benzene rings is 2. The predicted octanol–water partition coefficient (Wildman–Crippen LogP) is 1.35. The second-order valence-electron chi connectivity index (χ2n) is 9.74. The van der Waals surface area contributed by atoms with Crippen LogP contribution >= 0.6 is 23.5 Å². The molecule has 37 heavy (non-hydrogen) atoms. The van der Waals surface area contributed by atoms with Crippen LogP contribution in [0, 0.1) is 0 Å². The maximum atomic E-state index is 12.9. The lowest BCUT2D eigenvalue weighted by Crippen LogP contribution is -2.71. The van der Waals surface area contributed by atoms with Crippen LogP contribution in [0.4, 0.5) is 0 Å². The summed E-state index contributed by atoms with van der Waals surface area (Å²) in [5, 5.41) is 25.5. The molecule has 0 spiro atoms. The summed E-state index contributed by atoms with van der Waals surface area (Å²) in [7, 11) is 4.06. The van der Waals surface area contributed by atoms with Gasteiger partial charge in [0.25, 0.3) is 5.91 Å². The molecule has 10 heteroatoms. The van der Waals surface area contributed by atoms with E-state index in [9.17, 15) is 19.5 Å². The maximum absolute atomic E-state index is 12.9. The molecule has 1 saturated heterocycles. The molecule has 2 aromatic carbocycles. The highest BCUT2D eigenvalue weighted by Gasteiger charge is 2.52. The lowest BCUT2D eigenvalue weighted by atomic mass is 10.0. The number of rotatable bonds is 11. The Labute approximate surface area is 225 Å². The van der Waals surface area contributed by atoms with Crippen molar-refractivity contribution in [2.75, 3.05) is 45.3 Å². The smallest absolute Gasteiger partial charge is 0.253 e. The number of nitrogens with one attached hydrogen (secondary N) is 1. The van der Waals surface area contributed by atoms with E-state index >= 15 is 0 Å². The number of carboxylic acid groups (broad SMARTS) is 1. The third kappa shape index (κ3) is 6.38. The molecule has 4 rings (SSSR count). The lowest BCUT2D eigenvalue weighted by molar-refractivity contribution is -0.884. The summed E-state index contributed by atoms with van der Waals surface area (Å²) in [6, 6.07) is 13.2. The Morgan fingerprint density at radius 1 is 1.24 bits per heavy atom. The zero-order valence-corrected chi connectivity index (χ0v) is 22.5. The van der Waals surface area contributed by atoms with E-state index in [0.29, 0.717) is 28.8 Å². The Hall–Kier alpha value is -2.79. The number of carbonyl (C=O) groups excluding carboxylic acids is 3. The molecule has 2 aliphatic heterocycles. The molecular weight excluding hydrogens is 510 g/mol. The van der Waals surface area contributed by atoms with Crippen molar-refractivity contribution in [1.29, 1.82) is 0 Å². The van der Waals surface area contributed by atoms with E-state index < -0.39 is 23.3 Å². The Balaban J connectivity index is 1.36. The standard InChI is InChI=1S/C27H31N3O5S2/c1-30(2,13-6-14-31)12-5-9-20-16-37-26-23(25(33)29(26)24(20)27(34)35)28-22(32)17-36-21-11-10-18-7-3-4-8-19(18)15-21/h3-5,7-11,15,23,26,31H,6,12-14,16-17H2,1-2H3,(H-,28,32,34,35)/t23-,26-/m1/s1. The number of carboxylic acids is 1. The van der Waals surface area contributed by atoms with E-state index in [1.807, 2.05) is 62.6 Å². The van der Waals surface area contributed by atoms with E-state index in [4.69, 9.17) is 5.11 Å². The fourth-order valence-corrected chi connectivity index (χ4v) is 6.53. The summed E-state index contributed by atoms with van der Waals surface area (Å²) in [5.74, 6) is -1.56.